The molecule has 0 radical (unpaired) electrons. The smallest absolute Gasteiger partial charge is 0.226 e. The van der Waals surface area contributed by atoms with E-state index < -0.39 is 0 Å². The molecule has 1 amide bonds. The van der Waals surface area contributed by atoms with Crippen LogP contribution in [0.15, 0.2) is 18.2 Å². The van der Waals surface area contributed by atoms with Crippen LogP contribution in [0.25, 0.3) is 10.9 Å². The molecule has 1 heterocycles. The first-order chi connectivity index (χ1) is 9.02. The summed E-state index contributed by atoms with van der Waals surface area (Å²) < 4.78 is 13.3. The van der Waals surface area contributed by atoms with Crippen molar-refractivity contribution in [1.29, 1.82) is 0 Å². The van der Waals surface area contributed by atoms with Crippen LogP contribution >= 0.6 is 0 Å². The van der Waals surface area contributed by atoms with Crippen LogP contribution in [0.3, 0.4) is 0 Å². The molecule has 0 spiro atoms. The molecule has 0 fully saturated rings. The molecule has 0 saturated heterocycles. The Bertz CT molecular complexity index is 607. The van der Waals surface area contributed by atoms with Gasteiger partial charge in [-0.1, -0.05) is 0 Å². The summed E-state index contributed by atoms with van der Waals surface area (Å²) in [5.41, 5.74) is 2.50. The Balaban J connectivity index is 2.32. The molecule has 1 aromatic carbocycles. The Kier molecular flexibility index (Phi) is 3.85. The number of halogens is 1. The second kappa shape index (κ2) is 5.40. The number of amides is 1. The van der Waals surface area contributed by atoms with Gasteiger partial charge in [0, 0.05) is 30.2 Å². The molecule has 0 aliphatic rings. The number of rotatable bonds is 4. The van der Waals surface area contributed by atoms with E-state index >= 15 is 0 Å². The third-order valence-corrected chi connectivity index (χ3v) is 3.27. The fourth-order valence-electron chi connectivity index (χ4n) is 2.14. The maximum atomic E-state index is 13.3. The molecule has 2 N–H and O–H groups in total. The maximum Gasteiger partial charge on any atom is 0.226 e. The fraction of sp³-hybridized carbons (Fsp3) is 0.357. The molecule has 19 heavy (non-hydrogen) atoms. The molecule has 4 nitrogen and oxygen atoms in total. The highest BCUT2D eigenvalue weighted by Gasteiger charge is 2.15. The van der Waals surface area contributed by atoms with Gasteiger partial charge in [-0.3, -0.25) is 4.79 Å². The van der Waals surface area contributed by atoms with Crippen LogP contribution in [0.5, 0.6) is 0 Å². The maximum absolute atomic E-state index is 13.3. The van der Waals surface area contributed by atoms with Crippen LogP contribution < -0.4 is 0 Å². The standard InChI is InChI=1S/C14H17FN2O2/c1-9-11(8-14(19)17(2)5-6-18)12-7-10(15)3-4-13(12)16-9/h3-4,7,16,18H,5-6,8H2,1-2H3. The number of aromatic amines is 1. The molecule has 0 aliphatic carbocycles. The Labute approximate surface area is 110 Å². The van der Waals surface area contributed by atoms with Gasteiger partial charge >= 0.3 is 0 Å². The normalized spacial score (nSPS) is 10.9. The van der Waals surface area contributed by atoms with Gasteiger partial charge in [0.05, 0.1) is 13.0 Å². The summed E-state index contributed by atoms with van der Waals surface area (Å²) in [6, 6.07) is 4.50. The largest absolute Gasteiger partial charge is 0.395 e. The summed E-state index contributed by atoms with van der Waals surface area (Å²) in [7, 11) is 1.64. The number of hydrogen-bond donors (Lipinski definition) is 2. The number of aryl methyl sites for hydroxylation is 1. The van der Waals surface area contributed by atoms with Gasteiger partial charge in [0.2, 0.25) is 5.91 Å². The second-order valence-electron chi connectivity index (χ2n) is 4.63. The van der Waals surface area contributed by atoms with Crippen molar-refractivity contribution in [2.75, 3.05) is 20.2 Å². The van der Waals surface area contributed by atoms with E-state index in [0.29, 0.717) is 6.54 Å². The average Bonchev–Trinajstić information content (AvgIpc) is 2.66. The third kappa shape index (κ3) is 2.76. The highest BCUT2D eigenvalue weighted by atomic mass is 19.1. The number of nitrogens with one attached hydrogen (secondary N) is 1. The minimum absolute atomic E-state index is 0.0657. The predicted octanol–water partition coefficient (Wildman–Crippen LogP) is 1.61. The second-order valence-corrected chi connectivity index (χ2v) is 4.63. The zero-order valence-electron chi connectivity index (χ0n) is 11.0. The van der Waals surface area contributed by atoms with Gasteiger partial charge in [-0.2, -0.15) is 0 Å². The quantitative estimate of drug-likeness (QED) is 0.881. The van der Waals surface area contributed by atoms with E-state index in [2.05, 4.69) is 4.98 Å². The summed E-state index contributed by atoms with van der Waals surface area (Å²) in [6.45, 7) is 2.10. The highest BCUT2D eigenvalue weighted by Crippen LogP contribution is 2.23. The lowest BCUT2D eigenvalue weighted by atomic mass is 10.1. The van der Waals surface area contributed by atoms with E-state index in [1.807, 2.05) is 6.92 Å². The number of fused-ring (bicyclic) bond motifs is 1. The third-order valence-electron chi connectivity index (χ3n) is 3.27. The van der Waals surface area contributed by atoms with Gasteiger partial charge in [-0.15, -0.1) is 0 Å². The van der Waals surface area contributed by atoms with Crippen molar-refractivity contribution < 1.29 is 14.3 Å². The molecule has 0 aliphatic heterocycles. The van der Waals surface area contributed by atoms with Crippen molar-refractivity contribution in [3.05, 3.63) is 35.3 Å². The number of H-pyrrole nitrogens is 1. The van der Waals surface area contributed by atoms with Crippen molar-refractivity contribution in [2.45, 2.75) is 13.3 Å². The number of carbonyl (C=O) groups is 1. The van der Waals surface area contributed by atoms with Crippen molar-refractivity contribution in [3.63, 3.8) is 0 Å². The first-order valence-corrected chi connectivity index (χ1v) is 6.14. The van der Waals surface area contributed by atoms with Crippen molar-refractivity contribution in [1.82, 2.24) is 9.88 Å². The van der Waals surface area contributed by atoms with E-state index in [1.54, 1.807) is 13.1 Å². The number of hydrogen-bond acceptors (Lipinski definition) is 2. The van der Waals surface area contributed by atoms with Gasteiger partial charge in [-0.25, -0.2) is 4.39 Å². The molecule has 0 atom stereocenters. The first-order valence-electron chi connectivity index (χ1n) is 6.14. The average molecular weight is 264 g/mol. The van der Waals surface area contributed by atoms with Crippen molar-refractivity contribution in [3.8, 4) is 0 Å². The summed E-state index contributed by atoms with van der Waals surface area (Å²) in [4.78, 5) is 16.6. The lowest BCUT2D eigenvalue weighted by molar-refractivity contribution is -0.129. The van der Waals surface area contributed by atoms with Crippen LogP contribution in [0.1, 0.15) is 11.3 Å². The summed E-state index contributed by atoms with van der Waals surface area (Å²) >= 11 is 0. The van der Waals surface area contributed by atoms with Gasteiger partial charge < -0.3 is 15.0 Å². The molecule has 0 unspecified atom stereocenters. The SMILES string of the molecule is Cc1[nH]c2ccc(F)cc2c1CC(=O)N(C)CCO. The fourth-order valence-corrected chi connectivity index (χ4v) is 2.14. The Morgan fingerprint density at radius 3 is 2.89 bits per heavy atom. The summed E-state index contributed by atoms with van der Waals surface area (Å²) in [5.74, 6) is -0.411. The number of likely N-dealkylation sites (N-methyl/N-ethyl adjacent to an activating group) is 1. The zero-order valence-corrected chi connectivity index (χ0v) is 11.0. The Morgan fingerprint density at radius 2 is 2.21 bits per heavy atom. The van der Waals surface area contributed by atoms with E-state index in [0.717, 1.165) is 22.2 Å². The minimum Gasteiger partial charge on any atom is -0.395 e. The zero-order chi connectivity index (χ0) is 14.0. The van der Waals surface area contributed by atoms with Crippen LogP contribution in [0.2, 0.25) is 0 Å². The number of nitrogens with zero attached hydrogens (tertiary/aromatic N) is 1. The number of aliphatic hydroxyl groups is 1. The molecule has 0 saturated carbocycles. The topological polar surface area (TPSA) is 56.3 Å². The van der Waals surface area contributed by atoms with E-state index in [9.17, 15) is 9.18 Å². The molecule has 2 rings (SSSR count). The minimum atomic E-state index is -0.316. The number of aromatic nitrogens is 1. The number of benzene rings is 1. The van der Waals surface area contributed by atoms with Crippen molar-refractivity contribution >= 4 is 16.8 Å². The lowest BCUT2D eigenvalue weighted by Gasteiger charge is -2.15. The van der Waals surface area contributed by atoms with E-state index in [-0.39, 0.29) is 24.8 Å². The Morgan fingerprint density at radius 1 is 1.47 bits per heavy atom. The van der Waals surface area contributed by atoms with Gasteiger partial charge in [0.1, 0.15) is 5.82 Å². The molecule has 0 bridgehead atoms. The monoisotopic (exact) mass is 264 g/mol. The van der Waals surface area contributed by atoms with Crippen molar-refractivity contribution in [2.24, 2.45) is 0 Å². The van der Waals surface area contributed by atoms with E-state index in [4.69, 9.17) is 5.11 Å². The van der Waals surface area contributed by atoms with Crippen LogP contribution in [-0.2, 0) is 11.2 Å². The number of carbonyl (C=O) groups excluding carboxylic acids is 1. The lowest BCUT2D eigenvalue weighted by Crippen LogP contribution is -2.30. The van der Waals surface area contributed by atoms with Gasteiger partial charge in [0.25, 0.3) is 0 Å². The molecular formula is C14H17FN2O2. The van der Waals surface area contributed by atoms with Crippen LogP contribution in [-0.4, -0.2) is 41.1 Å². The Hall–Kier alpha value is -1.88. The van der Waals surface area contributed by atoms with E-state index in [1.165, 1.54) is 17.0 Å². The number of aliphatic hydroxyl groups excluding tert-OH is 1. The first kappa shape index (κ1) is 13.5. The van der Waals surface area contributed by atoms with Crippen LogP contribution in [0, 0.1) is 12.7 Å². The molecule has 102 valence electrons. The van der Waals surface area contributed by atoms with Gasteiger partial charge in [-0.05, 0) is 30.7 Å². The van der Waals surface area contributed by atoms with Gasteiger partial charge in [0.15, 0.2) is 0 Å². The molecule has 5 heteroatoms. The highest BCUT2D eigenvalue weighted by molar-refractivity contribution is 5.90. The summed E-state index contributed by atoms with van der Waals surface area (Å²) in [6.07, 6.45) is 0.200. The van der Waals surface area contributed by atoms with Crippen LogP contribution in [0.4, 0.5) is 4.39 Å². The molecule has 1 aromatic heterocycles. The predicted molar refractivity (Wildman–Crippen MR) is 71.4 cm³/mol. The molecule has 2 aromatic rings. The molecular weight excluding hydrogens is 247 g/mol. The summed E-state index contributed by atoms with van der Waals surface area (Å²) in [5, 5.41) is 9.56.